The van der Waals surface area contributed by atoms with Crippen LogP contribution in [0.3, 0.4) is 0 Å². The van der Waals surface area contributed by atoms with Gasteiger partial charge in [0.25, 0.3) is 0 Å². The Labute approximate surface area is 117 Å². The smallest absolute Gasteiger partial charge is 0.410 e. The molecule has 0 radical (unpaired) electrons. The van der Waals surface area contributed by atoms with E-state index in [0.717, 1.165) is 38.9 Å². The Balaban J connectivity index is 2.39. The van der Waals surface area contributed by atoms with E-state index in [-0.39, 0.29) is 6.09 Å². The van der Waals surface area contributed by atoms with Gasteiger partial charge in [0.1, 0.15) is 5.60 Å². The van der Waals surface area contributed by atoms with Crippen LogP contribution in [0.25, 0.3) is 0 Å². The third-order valence-electron chi connectivity index (χ3n) is 3.64. The molecule has 1 aliphatic rings. The highest BCUT2D eigenvalue weighted by Crippen LogP contribution is 2.24. The summed E-state index contributed by atoms with van der Waals surface area (Å²) >= 11 is 0. The standard InChI is InChI=1S/C15H30N2O2/c1-12(10-16)7-8-13-6-5-9-17(11-13)14(18)19-15(2,3)4/h12-13H,5-11,16H2,1-4H3. The minimum atomic E-state index is -0.405. The van der Waals surface area contributed by atoms with Gasteiger partial charge in [-0.2, -0.15) is 0 Å². The van der Waals surface area contributed by atoms with Crippen LogP contribution < -0.4 is 5.73 Å². The highest BCUT2D eigenvalue weighted by atomic mass is 16.6. The maximum Gasteiger partial charge on any atom is 0.410 e. The summed E-state index contributed by atoms with van der Waals surface area (Å²) in [4.78, 5) is 13.9. The molecule has 4 nitrogen and oxygen atoms in total. The Morgan fingerprint density at radius 3 is 2.74 bits per heavy atom. The number of amides is 1. The van der Waals surface area contributed by atoms with Gasteiger partial charge in [0.05, 0.1) is 0 Å². The third-order valence-corrected chi connectivity index (χ3v) is 3.64. The van der Waals surface area contributed by atoms with Crippen LogP contribution in [0.15, 0.2) is 0 Å². The summed E-state index contributed by atoms with van der Waals surface area (Å²) < 4.78 is 5.44. The first kappa shape index (κ1) is 16.3. The summed E-state index contributed by atoms with van der Waals surface area (Å²) in [6, 6.07) is 0. The van der Waals surface area contributed by atoms with Crippen LogP contribution in [0, 0.1) is 11.8 Å². The zero-order valence-corrected chi connectivity index (χ0v) is 12.9. The number of rotatable bonds is 4. The molecular formula is C15H30N2O2. The number of carbonyl (C=O) groups excluding carboxylic acids is 1. The first-order valence-electron chi connectivity index (χ1n) is 7.50. The summed E-state index contributed by atoms with van der Waals surface area (Å²) in [5.74, 6) is 1.19. The number of piperidine rings is 1. The van der Waals surface area contributed by atoms with Gasteiger partial charge in [-0.1, -0.05) is 6.92 Å². The molecule has 2 N–H and O–H groups in total. The van der Waals surface area contributed by atoms with E-state index in [1.165, 1.54) is 6.42 Å². The summed E-state index contributed by atoms with van der Waals surface area (Å²) in [7, 11) is 0. The van der Waals surface area contributed by atoms with Gasteiger partial charge in [0, 0.05) is 13.1 Å². The monoisotopic (exact) mass is 270 g/mol. The molecule has 0 bridgehead atoms. The third kappa shape index (κ3) is 6.28. The van der Waals surface area contributed by atoms with E-state index in [1.807, 2.05) is 25.7 Å². The molecule has 0 aromatic carbocycles. The molecule has 0 aromatic rings. The van der Waals surface area contributed by atoms with E-state index in [0.29, 0.717) is 11.8 Å². The zero-order chi connectivity index (χ0) is 14.5. The Kier molecular flexibility index (Phi) is 6.11. The lowest BCUT2D eigenvalue weighted by Crippen LogP contribution is -2.43. The van der Waals surface area contributed by atoms with Crippen molar-refractivity contribution in [3.63, 3.8) is 0 Å². The average Bonchev–Trinajstić information content (AvgIpc) is 2.34. The molecule has 1 amide bonds. The fourth-order valence-electron chi connectivity index (χ4n) is 2.43. The predicted octanol–water partition coefficient (Wildman–Crippen LogP) is 3.01. The molecule has 0 aromatic heterocycles. The number of carbonyl (C=O) groups is 1. The van der Waals surface area contributed by atoms with E-state index >= 15 is 0 Å². The molecule has 0 spiro atoms. The quantitative estimate of drug-likeness (QED) is 0.854. The Morgan fingerprint density at radius 1 is 1.47 bits per heavy atom. The van der Waals surface area contributed by atoms with Crippen molar-refractivity contribution in [3.05, 3.63) is 0 Å². The van der Waals surface area contributed by atoms with Crippen molar-refractivity contribution in [1.29, 1.82) is 0 Å². The second-order valence-electron chi connectivity index (χ2n) is 6.85. The second-order valence-corrected chi connectivity index (χ2v) is 6.85. The van der Waals surface area contributed by atoms with Crippen molar-refractivity contribution >= 4 is 6.09 Å². The lowest BCUT2D eigenvalue weighted by molar-refractivity contribution is 0.0159. The van der Waals surface area contributed by atoms with Crippen LogP contribution in [0.4, 0.5) is 4.79 Å². The fraction of sp³-hybridized carbons (Fsp3) is 0.933. The van der Waals surface area contributed by atoms with Gasteiger partial charge in [-0.15, -0.1) is 0 Å². The topological polar surface area (TPSA) is 55.6 Å². The summed E-state index contributed by atoms with van der Waals surface area (Å²) in [6.45, 7) is 10.3. The van der Waals surface area contributed by atoms with Crippen molar-refractivity contribution < 1.29 is 9.53 Å². The van der Waals surface area contributed by atoms with E-state index in [9.17, 15) is 4.79 Å². The molecule has 1 saturated heterocycles. The SMILES string of the molecule is CC(CN)CCC1CCCN(C(=O)OC(C)(C)C)C1. The van der Waals surface area contributed by atoms with Gasteiger partial charge in [0.15, 0.2) is 0 Å². The van der Waals surface area contributed by atoms with Gasteiger partial charge in [-0.05, 0) is 64.8 Å². The molecule has 1 fully saturated rings. The molecule has 2 atom stereocenters. The number of nitrogens with two attached hydrogens (primary N) is 1. The maximum atomic E-state index is 12.0. The molecule has 1 rings (SSSR count). The van der Waals surface area contributed by atoms with E-state index < -0.39 is 5.60 Å². The van der Waals surface area contributed by atoms with Crippen molar-refractivity contribution in [3.8, 4) is 0 Å². The second kappa shape index (κ2) is 7.13. The Morgan fingerprint density at radius 2 is 2.16 bits per heavy atom. The van der Waals surface area contributed by atoms with Crippen LogP contribution in [-0.2, 0) is 4.74 Å². The molecule has 0 saturated carbocycles. The van der Waals surface area contributed by atoms with Crippen molar-refractivity contribution in [1.82, 2.24) is 4.90 Å². The van der Waals surface area contributed by atoms with Gasteiger partial charge in [0.2, 0.25) is 0 Å². The number of hydrogen-bond acceptors (Lipinski definition) is 3. The van der Waals surface area contributed by atoms with Crippen LogP contribution in [0.2, 0.25) is 0 Å². The van der Waals surface area contributed by atoms with Crippen LogP contribution in [-0.4, -0.2) is 36.2 Å². The van der Waals surface area contributed by atoms with Crippen molar-refractivity contribution in [2.24, 2.45) is 17.6 Å². The highest BCUT2D eigenvalue weighted by Gasteiger charge is 2.27. The molecule has 0 aliphatic carbocycles. The first-order valence-corrected chi connectivity index (χ1v) is 7.50. The van der Waals surface area contributed by atoms with Crippen LogP contribution in [0.5, 0.6) is 0 Å². The Bertz CT molecular complexity index is 286. The molecule has 19 heavy (non-hydrogen) atoms. The number of likely N-dealkylation sites (tertiary alicyclic amines) is 1. The fourth-order valence-corrected chi connectivity index (χ4v) is 2.43. The van der Waals surface area contributed by atoms with Crippen molar-refractivity contribution in [2.45, 2.75) is 59.0 Å². The van der Waals surface area contributed by atoms with Crippen LogP contribution in [0.1, 0.15) is 53.4 Å². The summed E-state index contributed by atoms with van der Waals surface area (Å²) in [5.41, 5.74) is 5.24. The molecule has 1 aliphatic heterocycles. The molecule has 2 unspecified atom stereocenters. The minimum absolute atomic E-state index is 0.163. The van der Waals surface area contributed by atoms with Crippen LogP contribution >= 0.6 is 0 Å². The summed E-state index contributed by atoms with van der Waals surface area (Å²) in [6.07, 6.45) is 4.46. The normalized spacial score (nSPS) is 22.2. The van der Waals surface area contributed by atoms with Gasteiger partial charge >= 0.3 is 6.09 Å². The zero-order valence-electron chi connectivity index (χ0n) is 12.9. The van der Waals surface area contributed by atoms with Gasteiger partial charge < -0.3 is 15.4 Å². The lowest BCUT2D eigenvalue weighted by Gasteiger charge is -2.34. The van der Waals surface area contributed by atoms with Gasteiger partial charge in [-0.25, -0.2) is 4.79 Å². The number of ether oxygens (including phenoxy) is 1. The lowest BCUT2D eigenvalue weighted by atomic mass is 9.90. The van der Waals surface area contributed by atoms with Gasteiger partial charge in [-0.3, -0.25) is 0 Å². The minimum Gasteiger partial charge on any atom is -0.444 e. The first-order chi connectivity index (χ1) is 8.81. The number of hydrogen-bond donors (Lipinski definition) is 1. The highest BCUT2D eigenvalue weighted by molar-refractivity contribution is 5.68. The summed E-state index contributed by atoms with van der Waals surface area (Å²) in [5, 5.41) is 0. The van der Waals surface area contributed by atoms with Crippen molar-refractivity contribution in [2.75, 3.05) is 19.6 Å². The number of nitrogens with zero attached hydrogens (tertiary/aromatic N) is 1. The average molecular weight is 270 g/mol. The largest absolute Gasteiger partial charge is 0.444 e. The molecular weight excluding hydrogens is 240 g/mol. The van der Waals surface area contributed by atoms with E-state index in [2.05, 4.69) is 6.92 Å². The molecule has 112 valence electrons. The van der Waals surface area contributed by atoms with E-state index in [4.69, 9.17) is 10.5 Å². The van der Waals surface area contributed by atoms with E-state index in [1.54, 1.807) is 0 Å². The maximum absolute atomic E-state index is 12.0. The predicted molar refractivity (Wildman–Crippen MR) is 78.0 cm³/mol. The molecule has 1 heterocycles. The molecule has 4 heteroatoms. The Hall–Kier alpha value is -0.770.